The third-order valence-corrected chi connectivity index (χ3v) is 6.71. The zero-order valence-electron chi connectivity index (χ0n) is 10.9. The first kappa shape index (κ1) is 14.5. The minimum atomic E-state index is -3.93. The fourth-order valence-electron chi connectivity index (χ4n) is 2.48. The molecule has 1 fully saturated rings. The molecular weight excluding hydrogens is 314 g/mol. The largest absolute Gasteiger partial charge is 0.477 e. The highest BCUT2D eigenvalue weighted by Gasteiger charge is 2.36. The molecule has 0 aliphatic carbocycles. The summed E-state index contributed by atoms with van der Waals surface area (Å²) in [4.78, 5) is 11.1. The van der Waals surface area contributed by atoms with Gasteiger partial charge in [0.1, 0.15) is 9.77 Å². The van der Waals surface area contributed by atoms with Gasteiger partial charge >= 0.3 is 5.97 Å². The number of sulfonamides is 1. The zero-order chi connectivity index (χ0) is 15.2. The minimum absolute atomic E-state index is 0.00552. The summed E-state index contributed by atoms with van der Waals surface area (Å²) >= 11 is 0.951. The number of aromatic carboxylic acids is 1. The van der Waals surface area contributed by atoms with Gasteiger partial charge in [-0.05, 0) is 12.5 Å². The number of hydrogen-bond donors (Lipinski definition) is 2. The molecular formula is C13H13NO5S2. The molecule has 1 aliphatic rings. The maximum atomic E-state index is 12.7. The molecule has 2 aromatic rings. The highest BCUT2D eigenvalue weighted by atomic mass is 32.2. The van der Waals surface area contributed by atoms with Crippen LogP contribution < -0.4 is 0 Å². The quantitative estimate of drug-likeness (QED) is 0.887. The van der Waals surface area contributed by atoms with Crippen LogP contribution in [0.25, 0.3) is 10.1 Å². The molecule has 1 aliphatic heterocycles. The van der Waals surface area contributed by atoms with E-state index in [9.17, 15) is 23.4 Å². The molecule has 112 valence electrons. The second-order valence-electron chi connectivity index (χ2n) is 4.87. The third-order valence-electron chi connectivity index (χ3n) is 3.47. The van der Waals surface area contributed by atoms with Crippen molar-refractivity contribution >= 4 is 37.4 Å². The molecule has 1 saturated heterocycles. The molecule has 0 radical (unpaired) electrons. The van der Waals surface area contributed by atoms with Gasteiger partial charge in [-0.1, -0.05) is 18.2 Å². The van der Waals surface area contributed by atoms with Crippen LogP contribution in [0.2, 0.25) is 0 Å². The highest BCUT2D eigenvalue weighted by Crippen LogP contribution is 2.37. The summed E-state index contributed by atoms with van der Waals surface area (Å²) in [5.74, 6) is -1.26. The first-order valence-electron chi connectivity index (χ1n) is 6.34. The summed E-state index contributed by atoms with van der Waals surface area (Å²) in [7, 11) is -3.93. The van der Waals surface area contributed by atoms with Crippen molar-refractivity contribution in [2.45, 2.75) is 17.4 Å². The van der Waals surface area contributed by atoms with Gasteiger partial charge in [-0.2, -0.15) is 4.31 Å². The zero-order valence-corrected chi connectivity index (χ0v) is 12.5. The summed E-state index contributed by atoms with van der Waals surface area (Å²) in [6.45, 7) is 0.207. The van der Waals surface area contributed by atoms with Crippen LogP contribution in [0, 0.1) is 0 Å². The van der Waals surface area contributed by atoms with Gasteiger partial charge in [-0.25, -0.2) is 13.2 Å². The Hall–Kier alpha value is -1.48. The number of carboxylic acids is 1. The van der Waals surface area contributed by atoms with Crippen molar-refractivity contribution in [1.82, 2.24) is 4.31 Å². The van der Waals surface area contributed by atoms with Crippen LogP contribution in [-0.4, -0.2) is 48.1 Å². The van der Waals surface area contributed by atoms with E-state index in [1.165, 1.54) is 0 Å². The Balaban J connectivity index is 2.23. The monoisotopic (exact) mass is 327 g/mol. The van der Waals surface area contributed by atoms with Gasteiger partial charge in [0.15, 0.2) is 0 Å². The number of rotatable bonds is 3. The van der Waals surface area contributed by atoms with Crippen molar-refractivity contribution < 1.29 is 23.4 Å². The van der Waals surface area contributed by atoms with E-state index < -0.39 is 22.1 Å². The fourth-order valence-corrected chi connectivity index (χ4v) is 5.67. The lowest BCUT2D eigenvalue weighted by Gasteiger charge is -2.15. The molecule has 0 bridgehead atoms. The molecule has 21 heavy (non-hydrogen) atoms. The Kier molecular flexibility index (Phi) is 3.48. The smallest absolute Gasteiger partial charge is 0.347 e. The number of carbonyl (C=O) groups is 1. The molecule has 2 N–H and O–H groups in total. The normalized spacial score (nSPS) is 20.1. The van der Waals surface area contributed by atoms with E-state index in [2.05, 4.69) is 0 Å². The molecule has 8 heteroatoms. The summed E-state index contributed by atoms with van der Waals surface area (Å²) < 4.78 is 27.2. The summed E-state index contributed by atoms with van der Waals surface area (Å²) in [5.41, 5.74) is 0. The van der Waals surface area contributed by atoms with Crippen LogP contribution >= 0.6 is 11.3 Å². The van der Waals surface area contributed by atoms with Gasteiger partial charge in [0, 0.05) is 23.2 Å². The number of aliphatic hydroxyl groups excluding tert-OH is 1. The molecule has 0 spiro atoms. The van der Waals surface area contributed by atoms with Gasteiger partial charge in [-0.3, -0.25) is 0 Å². The number of nitrogens with zero attached hydrogens (tertiary/aromatic N) is 1. The van der Waals surface area contributed by atoms with Crippen LogP contribution in [0.3, 0.4) is 0 Å². The number of hydrogen-bond acceptors (Lipinski definition) is 5. The van der Waals surface area contributed by atoms with Crippen molar-refractivity contribution in [3.63, 3.8) is 0 Å². The van der Waals surface area contributed by atoms with E-state index >= 15 is 0 Å². The number of benzene rings is 1. The molecule has 1 unspecified atom stereocenters. The summed E-state index contributed by atoms with van der Waals surface area (Å²) in [6, 6.07) is 6.72. The van der Waals surface area contributed by atoms with E-state index in [0.717, 1.165) is 15.6 Å². The Morgan fingerprint density at radius 3 is 2.67 bits per heavy atom. The van der Waals surface area contributed by atoms with Gasteiger partial charge in [0.05, 0.1) is 6.10 Å². The fraction of sp³-hybridized carbons (Fsp3) is 0.308. The minimum Gasteiger partial charge on any atom is -0.477 e. The Morgan fingerprint density at radius 1 is 1.33 bits per heavy atom. The van der Waals surface area contributed by atoms with Crippen molar-refractivity contribution in [2.75, 3.05) is 13.1 Å². The van der Waals surface area contributed by atoms with Crippen LogP contribution in [0.15, 0.2) is 29.2 Å². The number of fused-ring (bicyclic) bond motifs is 1. The molecule has 0 saturated carbocycles. The van der Waals surface area contributed by atoms with Gasteiger partial charge < -0.3 is 10.2 Å². The predicted molar refractivity (Wildman–Crippen MR) is 78.2 cm³/mol. The SMILES string of the molecule is O=C(O)c1sc2ccccc2c1S(=O)(=O)N1CCC(O)C1. The first-order chi connectivity index (χ1) is 9.91. The van der Waals surface area contributed by atoms with E-state index in [1.54, 1.807) is 24.3 Å². The molecule has 6 nitrogen and oxygen atoms in total. The average molecular weight is 327 g/mol. The second kappa shape index (κ2) is 5.06. The molecule has 1 aromatic heterocycles. The first-order valence-corrected chi connectivity index (χ1v) is 8.60. The lowest BCUT2D eigenvalue weighted by Crippen LogP contribution is -2.30. The lowest BCUT2D eigenvalue weighted by atomic mass is 10.2. The Bertz CT molecular complexity index is 811. The lowest BCUT2D eigenvalue weighted by molar-refractivity contribution is 0.0698. The number of carboxylic acid groups (broad SMARTS) is 1. The molecule has 2 heterocycles. The number of β-amino-alcohol motifs (C(OH)–C–C–N with tert-alkyl or cyclic N) is 1. The van der Waals surface area contributed by atoms with Crippen molar-refractivity contribution in [3.05, 3.63) is 29.1 Å². The van der Waals surface area contributed by atoms with E-state index in [-0.39, 0.29) is 22.9 Å². The number of thiophene rings is 1. The molecule has 3 rings (SSSR count). The second-order valence-corrected chi connectivity index (χ2v) is 7.79. The topological polar surface area (TPSA) is 94.9 Å². The van der Waals surface area contributed by atoms with E-state index in [0.29, 0.717) is 16.5 Å². The van der Waals surface area contributed by atoms with Crippen LogP contribution in [0.5, 0.6) is 0 Å². The average Bonchev–Trinajstić information content (AvgIpc) is 3.02. The van der Waals surface area contributed by atoms with Gasteiger partial charge in [-0.15, -0.1) is 11.3 Å². The van der Waals surface area contributed by atoms with Crippen LogP contribution in [0.1, 0.15) is 16.1 Å². The van der Waals surface area contributed by atoms with Crippen LogP contribution in [0.4, 0.5) is 0 Å². The Labute approximate surface area is 125 Å². The van der Waals surface area contributed by atoms with Gasteiger partial charge in [0.2, 0.25) is 10.0 Å². The summed E-state index contributed by atoms with van der Waals surface area (Å²) in [6.07, 6.45) is -0.332. The predicted octanol–water partition coefficient (Wildman–Crippen LogP) is 1.35. The van der Waals surface area contributed by atoms with Gasteiger partial charge in [0.25, 0.3) is 0 Å². The highest BCUT2D eigenvalue weighted by molar-refractivity contribution is 7.89. The number of aliphatic hydroxyl groups is 1. The van der Waals surface area contributed by atoms with Crippen molar-refractivity contribution in [2.24, 2.45) is 0 Å². The summed E-state index contributed by atoms with van der Waals surface area (Å²) in [5, 5.41) is 19.3. The molecule has 1 aromatic carbocycles. The van der Waals surface area contributed by atoms with E-state index in [4.69, 9.17) is 0 Å². The third kappa shape index (κ3) is 2.34. The maximum absolute atomic E-state index is 12.7. The maximum Gasteiger partial charge on any atom is 0.347 e. The van der Waals surface area contributed by atoms with E-state index in [1.807, 2.05) is 0 Å². The molecule has 0 amide bonds. The standard InChI is InChI=1S/C13H13NO5S2/c15-8-5-6-14(7-8)21(18,19)12-9-3-1-2-4-10(9)20-11(12)13(16)17/h1-4,8,15H,5-7H2,(H,16,17). The Morgan fingerprint density at radius 2 is 2.05 bits per heavy atom. The van der Waals surface area contributed by atoms with Crippen LogP contribution in [-0.2, 0) is 10.0 Å². The van der Waals surface area contributed by atoms with Crippen molar-refractivity contribution in [1.29, 1.82) is 0 Å². The molecule has 1 atom stereocenters. The van der Waals surface area contributed by atoms with Crippen molar-refractivity contribution in [3.8, 4) is 0 Å².